The van der Waals surface area contributed by atoms with Crippen molar-refractivity contribution in [3.8, 4) is 0 Å². The van der Waals surface area contributed by atoms with Crippen LogP contribution in [0.3, 0.4) is 0 Å². The highest BCUT2D eigenvalue weighted by molar-refractivity contribution is 6.44. The Kier molecular flexibility index (Phi) is 8.10. The van der Waals surface area contributed by atoms with E-state index in [1.165, 1.54) is 45.2 Å². The van der Waals surface area contributed by atoms with Crippen LogP contribution in [0.15, 0.2) is 0 Å². The SMILES string of the molecule is C1CCC2CNCCC2C1.CC[SiH](OC)OC. The van der Waals surface area contributed by atoms with Crippen molar-refractivity contribution in [1.29, 1.82) is 0 Å². The van der Waals surface area contributed by atoms with Crippen LogP contribution in [0.5, 0.6) is 0 Å². The van der Waals surface area contributed by atoms with Gasteiger partial charge in [0, 0.05) is 14.2 Å². The highest BCUT2D eigenvalue weighted by Crippen LogP contribution is 2.33. The molecule has 2 unspecified atom stereocenters. The molecule has 0 radical (unpaired) electrons. The maximum absolute atomic E-state index is 4.97. The summed E-state index contributed by atoms with van der Waals surface area (Å²) in [6, 6.07) is 1.05. The van der Waals surface area contributed by atoms with Gasteiger partial charge in [-0.25, -0.2) is 0 Å². The van der Waals surface area contributed by atoms with E-state index in [4.69, 9.17) is 8.85 Å². The summed E-state index contributed by atoms with van der Waals surface area (Å²) in [5.41, 5.74) is 0. The average molecular weight is 259 g/mol. The lowest BCUT2D eigenvalue weighted by molar-refractivity contribution is 0.185. The number of fused-ring (bicyclic) bond motifs is 1. The Morgan fingerprint density at radius 3 is 2.18 bits per heavy atom. The van der Waals surface area contributed by atoms with Crippen LogP contribution >= 0.6 is 0 Å². The lowest BCUT2D eigenvalue weighted by atomic mass is 9.76. The molecule has 0 aromatic rings. The third kappa shape index (κ3) is 5.51. The molecule has 2 aliphatic rings. The minimum atomic E-state index is -1.17. The smallest absolute Gasteiger partial charge is 0.320 e. The van der Waals surface area contributed by atoms with Crippen molar-refractivity contribution < 1.29 is 8.85 Å². The molecule has 3 nitrogen and oxygen atoms in total. The predicted octanol–water partition coefficient (Wildman–Crippen LogP) is 2.31. The first-order chi connectivity index (χ1) is 8.31. The van der Waals surface area contributed by atoms with Gasteiger partial charge in [0.2, 0.25) is 0 Å². The summed E-state index contributed by atoms with van der Waals surface area (Å²) in [4.78, 5) is 0. The molecule has 2 rings (SSSR count). The number of nitrogens with one attached hydrogen (secondary N) is 1. The zero-order valence-electron chi connectivity index (χ0n) is 11.7. The zero-order chi connectivity index (χ0) is 12.5. The largest absolute Gasteiger partial charge is 0.400 e. The van der Waals surface area contributed by atoms with E-state index in [0.29, 0.717) is 0 Å². The first-order valence-corrected chi connectivity index (χ1v) is 8.84. The molecule has 0 amide bonds. The van der Waals surface area contributed by atoms with Gasteiger partial charge in [-0.2, -0.15) is 0 Å². The highest BCUT2D eigenvalue weighted by atomic mass is 28.3. The van der Waals surface area contributed by atoms with Crippen LogP contribution in [-0.2, 0) is 8.85 Å². The van der Waals surface area contributed by atoms with Gasteiger partial charge < -0.3 is 14.2 Å². The summed E-state index contributed by atoms with van der Waals surface area (Å²) in [6.45, 7) is 4.66. The Hall–Kier alpha value is 0.0969. The van der Waals surface area contributed by atoms with Gasteiger partial charge in [-0.1, -0.05) is 26.2 Å². The van der Waals surface area contributed by atoms with Crippen molar-refractivity contribution in [1.82, 2.24) is 5.32 Å². The standard InChI is InChI=1S/C9H17N.C4H12O2Si/c1-2-4-9-7-10-6-5-8(9)3-1;1-4-7(5-2)6-3/h8-10H,1-7H2;7H,4H2,1-3H3. The molecule has 2 atom stereocenters. The first kappa shape index (κ1) is 15.2. The molecule has 0 spiro atoms. The summed E-state index contributed by atoms with van der Waals surface area (Å²) >= 11 is 0. The van der Waals surface area contributed by atoms with Gasteiger partial charge in [0.15, 0.2) is 0 Å². The fourth-order valence-electron chi connectivity index (χ4n) is 2.94. The molecule has 0 aromatic carbocycles. The van der Waals surface area contributed by atoms with Gasteiger partial charge in [0.1, 0.15) is 0 Å². The van der Waals surface area contributed by atoms with E-state index in [0.717, 1.165) is 17.9 Å². The molecule has 102 valence electrons. The van der Waals surface area contributed by atoms with Crippen LogP contribution in [-0.4, -0.2) is 36.6 Å². The molecular formula is C13H29NO2Si. The van der Waals surface area contributed by atoms with E-state index in [-0.39, 0.29) is 0 Å². The maximum atomic E-state index is 4.97. The van der Waals surface area contributed by atoms with Gasteiger partial charge in [-0.15, -0.1) is 0 Å². The fourth-order valence-corrected chi connectivity index (χ4v) is 3.80. The lowest BCUT2D eigenvalue weighted by Gasteiger charge is -2.35. The van der Waals surface area contributed by atoms with E-state index >= 15 is 0 Å². The zero-order valence-corrected chi connectivity index (χ0v) is 12.9. The van der Waals surface area contributed by atoms with Crippen molar-refractivity contribution in [2.24, 2.45) is 11.8 Å². The van der Waals surface area contributed by atoms with Gasteiger partial charge in [0.25, 0.3) is 0 Å². The van der Waals surface area contributed by atoms with Crippen molar-refractivity contribution in [2.75, 3.05) is 27.3 Å². The van der Waals surface area contributed by atoms with Crippen molar-refractivity contribution >= 4 is 9.28 Å². The van der Waals surface area contributed by atoms with Crippen molar-refractivity contribution in [3.05, 3.63) is 0 Å². The van der Waals surface area contributed by atoms with Crippen LogP contribution in [0.1, 0.15) is 39.0 Å². The summed E-state index contributed by atoms with van der Waals surface area (Å²) in [5, 5.41) is 3.48. The Morgan fingerprint density at radius 2 is 1.71 bits per heavy atom. The van der Waals surface area contributed by atoms with Crippen molar-refractivity contribution in [3.63, 3.8) is 0 Å². The Bertz CT molecular complexity index is 157. The second-order valence-electron chi connectivity index (χ2n) is 5.11. The van der Waals surface area contributed by atoms with E-state index < -0.39 is 9.28 Å². The van der Waals surface area contributed by atoms with E-state index in [1.807, 2.05) is 0 Å². The minimum Gasteiger partial charge on any atom is -0.400 e. The topological polar surface area (TPSA) is 30.5 Å². The molecule has 1 saturated carbocycles. The molecular weight excluding hydrogens is 230 g/mol. The second kappa shape index (κ2) is 9.08. The summed E-state index contributed by atoms with van der Waals surface area (Å²) in [5.74, 6) is 2.14. The average Bonchev–Trinajstić information content (AvgIpc) is 2.42. The summed E-state index contributed by atoms with van der Waals surface area (Å²) in [6.07, 6.45) is 7.46. The Balaban J connectivity index is 0.000000185. The number of rotatable bonds is 3. The number of piperidine rings is 1. The maximum Gasteiger partial charge on any atom is 0.320 e. The summed E-state index contributed by atoms with van der Waals surface area (Å²) in [7, 11) is 2.23. The summed E-state index contributed by atoms with van der Waals surface area (Å²) < 4.78 is 9.93. The van der Waals surface area contributed by atoms with E-state index in [2.05, 4.69) is 12.2 Å². The first-order valence-electron chi connectivity index (χ1n) is 7.08. The van der Waals surface area contributed by atoms with Gasteiger partial charge in [-0.3, -0.25) is 0 Å². The normalized spacial score (nSPS) is 28.2. The molecule has 0 aromatic heterocycles. The fraction of sp³-hybridized carbons (Fsp3) is 1.00. The molecule has 1 heterocycles. The third-order valence-electron chi connectivity index (χ3n) is 4.02. The minimum absolute atomic E-state index is 1.04. The van der Waals surface area contributed by atoms with Crippen LogP contribution < -0.4 is 5.32 Å². The third-order valence-corrected chi connectivity index (χ3v) is 5.74. The second-order valence-corrected chi connectivity index (χ2v) is 7.73. The van der Waals surface area contributed by atoms with E-state index in [1.54, 1.807) is 14.2 Å². The number of hydrogen-bond donors (Lipinski definition) is 1. The van der Waals surface area contributed by atoms with Crippen LogP contribution in [0.25, 0.3) is 0 Å². The van der Waals surface area contributed by atoms with Crippen molar-refractivity contribution in [2.45, 2.75) is 45.1 Å². The van der Waals surface area contributed by atoms with Gasteiger partial charge in [0.05, 0.1) is 0 Å². The monoisotopic (exact) mass is 259 g/mol. The molecule has 2 fully saturated rings. The van der Waals surface area contributed by atoms with Crippen LogP contribution in [0.2, 0.25) is 6.04 Å². The quantitative estimate of drug-likeness (QED) is 0.789. The molecule has 1 N–H and O–H groups in total. The Labute approximate surface area is 108 Å². The van der Waals surface area contributed by atoms with Gasteiger partial charge >= 0.3 is 9.28 Å². The lowest BCUT2D eigenvalue weighted by Crippen LogP contribution is -2.38. The molecule has 1 saturated heterocycles. The molecule has 0 bridgehead atoms. The van der Waals surface area contributed by atoms with E-state index in [9.17, 15) is 0 Å². The molecule has 1 aliphatic carbocycles. The van der Waals surface area contributed by atoms with Crippen LogP contribution in [0.4, 0.5) is 0 Å². The highest BCUT2D eigenvalue weighted by Gasteiger charge is 2.26. The number of hydrogen-bond acceptors (Lipinski definition) is 3. The molecule has 4 heteroatoms. The predicted molar refractivity (Wildman–Crippen MR) is 74.6 cm³/mol. The Morgan fingerprint density at radius 1 is 1.06 bits per heavy atom. The van der Waals surface area contributed by atoms with Gasteiger partial charge in [-0.05, 0) is 43.8 Å². The van der Waals surface area contributed by atoms with Crippen LogP contribution in [0, 0.1) is 11.8 Å². The molecule has 1 aliphatic heterocycles. The molecule has 17 heavy (non-hydrogen) atoms.